The van der Waals surface area contributed by atoms with Crippen LogP contribution < -0.4 is 0 Å². The van der Waals surface area contributed by atoms with Gasteiger partial charge in [-0.05, 0) is 160 Å². The van der Waals surface area contributed by atoms with Crippen LogP contribution in [0, 0.1) is 0 Å². The first kappa shape index (κ1) is 64.8. The molecule has 6 nitrogen and oxygen atoms in total. The number of fused-ring (bicyclic) bond motifs is 14. The highest BCUT2D eigenvalue weighted by Gasteiger charge is 2.21. The molecule has 0 aliphatic carbocycles. The summed E-state index contributed by atoms with van der Waals surface area (Å²) in [6.45, 7) is 0. The molecule has 0 fully saturated rings. The Morgan fingerprint density at radius 1 is 0.118 bits per heavy atom. The molecule has 0 amide bonds. The molecule has 2 aromatic heterocycles. The summed E-state index contributed by atoms with van der Waals surface area (Å²) >= 11 is 0. The van der Waals surface area contributed by atoms with Crippen molar-refractivity contribution in [3.05, 3.63) is 400 Å². The molecule has 0 saturated carbocycles. The van der Waals surface area contributed by atoms with Gasteiger partial charge in [0.05, 0.1) is 0 Å². The highest BCUT2D eigenvalue weighted by molar-refractivity contribution is 6.27. The van der Waals surface area contributed by atoms with E-state index in [1.165, 1.54) is 131 Å². The van der Waals surface area contributed by atoms with Crippen molar-refractivity contribution in [2.24, 2.45) is 0 Å². The molecule has 0 radical (unpaired) electrons. The summed E-state index contributed by atoms with van der Waals surface area (Å²) in [5.74, 6) is 3.90. The Hall–Kier alpha value is -14.7. The van der Waals surface area contributed by atoms with Gasteiger partial charge in [-0.2, -0.15) is 0 Å². The van der Waals surface area contributed by atoms with Gasteiger partial charge in [0.25, 0.3) is 0 Å². The maximum Gasteiger partial charge on any atom is 0.164 e. The van der Waals surface area contributed by atoms with Crippen LogP contribution in [0.3, 0.4) is 0 Å². The van der Waals surface area contributed by atoms with E-state index in [1.807, 2.05) is 121 Å². The molecule has 21 rings (SSSR count). The Morgan fingerprint density at radius 3 is 0.682 bits per heavy atom. The van der Waals surface area contributed by atoms with Crippen LogP contribution in [0.5, 0.6) is 0 Å². The number of hydrogen-bond acceptors (Lipinski definition) is 6. The Labute approximate surface area is 636 Å². The molecule has 110 heavy (non-hydrogen) atoms. The zero-order chi connectivity index (χ0) is 72.9. The Morgan fingerprint density at radius 2 is 0.336 bits per heavy atom. The quantitative estimate of drug-likeness (QED) is 0.120. The van der Waals surface area contributed by atoms with Crippen molar-refractivity contribution in [2.75, 3.05) is 0 Å². The largest absolute Gasteiger partial charge is 0.208 e. The number of nitrogens with zero attached hydrogens (tertiary/aromatic N) is 6. The highest BCUT2D eigenvalue weighted by Crippen LogP contribution is 2.46. The van der Waals surface area contributed by atoms with E-state index in [0.717, 1.165) is 44.5 Å². The third-order valence-electron chi connectivity index (χ3n) is 21.4. The first-order chi connectivity index (χ1) is 54.5. The van der Waals surface area contributed by atoms with Crippen LogP contribution in [0.1, 0.15) is 0 Å². The molecule has 6 heteroatoms. The lowest BCUT2D eigenvalue weighted by molar-refractivity contribution is 1.07. The smallest absolute Gasteiger partial charge is 0.164 e. The lowest BCUT2D eigenvalue weighted by Crippen LogP contribution is -2.00. The van der Waals surface area contributed by atoms with E-state index < -0.39 is 0 Å². The summed E-state index contributed by atoms with van der Waals surface area (Å²) in [6, 6.07) is 142. The summed E-state index contributed by atoms with van der Waals surface area (Å²) in [4.78, 5) is 29.6. The van der Waals surface area contributed by atoms with Crippen LogP contribution in [0.15, 0.2) is 400 Å². The van der Waals surface area contributed by atoms with Gasteiger partial charge in [0, 0.05) is 33.4 Å². The summed E-state index contributed by atoms with van der Waals surface area (Å²) in [7, 11) is 0. The molecule has 19 aromatic carbocycles. The third-order valence-corrected chi connectivity index (χ3v) is 21.4. The van der Waals surface area contributed by atoms with Crippen molar-refractivity contribution in [1.29, 1.82) is 0 Å². The first-order valence-corrected chi connectivity index (χ1v) is 37.3. The van der Waals surface area contributed by atoms with Gasteiger partial charge in [-0.15, -0.1) is 0 Å². The predicted octanol–water partition coefficient (Wildman–Crippen LogP) is 27.3. The number of rotatable bonds is 11. The molecular weight excluding hydrogens is 1330 g/mol. The lowest BCUT2D eigenvalue weighted by atomic mass is 9.87. The molecule has 0 spiro atoms. The molecular formula is C104H66N6. The van der Waals surface area contributed by atoms with E-state index in [2.05, 4.69) is 279 Å². The van der Waals surface area contributed by atoms with Gasteiger partial charge in [0.15, 0.2) is 34.9 Å². The van der Waals surface area contributed by atoms with Crippen LogP contribution in [-0.2, 0) is 0 Å². The Bertz CT molecular complexity index is 6920. The van der Waals surface area contributed by atoms with Crippen molar-refractivity contribution >= 4 is 86.2 Å². The molecule has 0 N–H and O–H groups in total. The summed E-state index contributed by atoms with van der Waals surface area (Å²) in [5.41, 5.74) is 17.5. The van der Waals surface area contributed by atoms with Gasteiger partial charge in [-0.1, -0.05) is 382 Å². The molecule has 0 saturated heterocycles. The molecule has 0 atom stereocenters. The van der Waals surface area contributed by atoms with Crippen LogP contribution in [-0.4, -0.2) is 29.9 Å². The summed E-state index contributed by atoms with van der Waals surface area (Å²) in [5, 5.41) is 20.2. The first-order valence-electron chi connectivity index (χ1n) is 37.3. The van der Waals surface area contributed by atoms with Crippen LogP contribution in [0.25, 0.3) is 210 Å². The molecule has 512 valence electrons. The normalized spacial score (nSPS) is 11.5. The third kappa shape index (κ3) is 12.0. The van der Waals surface area contributed by atoms with Crippen molar-refractivity contribution in [3.63, 3.8) is 0 Å². The van der Waals surface area contributed by atoms with Crippen LogP contribution in [0.2, 0.25) is 0 Å². The Kier molecular flexibility index (Phi) is 16.5. The fraction of sp³-hybridized carbons (Fsp3) is 0. The average Bonchev–Trinajstić information content (AvgIpc) is 0.695. The van der Waals surface area contributed by atoms with Gasteiger partial charge >= 0.3 is 0 Å². The SMILES string of the molecule is c1ccc(-c2nc(-c3ccccc3)nc(-c3ccc(-c4ccc5ccccc5c4-c4ccc5c6ccccc6c6ccccc6c5c4)cc3)n2)cc1.c1ccc(-c2nc(-c3ccccc3)nc(-c3ccc(-c4ccc5ccccc5c4-c4cccc(-c5ccc6c7ccccc7c7ccccc7c6c5)c4)cc3)n2)cc1. The van der Waals surface area contributed by atoms with Gasteiger partial charge < -0.3 is 0 Å². The van der Waals surface area contributed by atoms with Gasteiger partial charge in [-0.25, -0.2) is 29.9 Å². The molecule has 0 aliphatic rings. The minimum atomic E-state index is 0.641. The minimum Gasteiger partial charge on any atom is -0.208 e. The standard InChI is InChI=1S/C55H35N3.C49H31N3/c1-3-15-38(16-4-1)53-56-54(39-17-5-2-6-18-39)58-55(57-53)40-28-26-37(27-29-40)45-32-30-36-14-7-8-21-44(36)52(45)43-20-13-19-41(34-43)42-31-33-50-48-24-10-9-22-46(48)47-23-11-12-25-49(47)51(50)35-42;1-3-14-34(15-4-1)47-50-48(35-16-5-2-6-17-35)52-49(51-47)36-25-23-33(24-26-36)39-29-27-32-13-7-8-18-38(32)46(39)37-28-30-44-42-21-10-9-19-40(42)41-20-11-12-22-43(41)45(44)31-37/h1-35H;1-31H. The Balaban J connectivity index is 0.000000145. The van der Waals surface area contributed by atoms with E-state index in [-0.39, 0.29) is 0 Å². The summed E-state index contributed by atoms with van der Waals surface area (Å²) in [6.07, 6.45) is 0. The topological polar surface area (TPSA) is 77.3 Å². The maximum atomic E-state index is 4.97. The van der Waals surface area contributed by atoms with Crippen molar-refractivity contribution in [3.8, 4) is 124 Å². The second-order valence-corrected chi connectivity index (χ2v) is 27.9. The molecule has 0 bridgehead atoms. The molecule has 0 aliphatic heterocycles. The minimum absolute atomic E-state index is 0.641. The monoisotopic (exact) mass is 1400 g/mol. The van der Waals surface area contributed by atoms with Crippen molar-refractivity contribution in [2.45, 2.75) is 0 Å². The fourth-order valence-electron chi connectivity index (χ4n) is 16.1. The zero-order valence-corrected chi connectivity index (χ0v) is 59.8. The van der Waals surface area contributed by atoms with Crippen LogP contribution in [0.4, 0.5) is 0 Å². The van der Waals surface area contributed by atoms with Gasteiger partial charge in [-0.3, -0.25) is 0 Å². The van der Waals surface area contributed by atoms with Crippen molar-refractivity contribution < 1.29 is 0 Å². The van der Waals surface area contributed by atoms with Crippen LogP contribution >= 0.6 is 0 Å². The van der Waals surface area contributed by atoms with E-state index in [1.54, 1.807) is 0 Å². The van der Waals surface area contributed by atoms with E-state index >= 15 is 0 Å². The second kappa shape index (κ2) is 28.0. The second-order valence-electron chi connectivity index (χ2n) is 27.9. The lowest BCUT2D eigenvalue weighted by Gasteiger charge is -2.17. The van der Waals surface area contributed by atoms with Crippen molar-refractivity contribution in [1.82, 2.24) is 29.9 Å². The molecule has 2 heterocycles. The van der Waals surface area contributed by atoms with Gasteiger partial charge in [0.2, 0.25) is 0 Å². The average molecular weight is 1400 g/mol. The molecule has 0 unspecified atom stereocenters. The number of benzene rings is 19. The number of aromatic nitrogens is 6. The van der Waals surface area contributed by atoms with E-state index in [4.69, 9.17) is 29.9 Å². The summed E-state index contributed by atoms with van der Waals surface area (Å²) < 4.78 is 0. The number of hydrogen-bond donors (Lipinski definition) is 0. The zero-order valence-electron chi connectivity index (χ0n) is 59.8. The highest BCUT2D eigenvalue weighted by atomic mass is 15.0. The predicted molar refractivity (Wildman–Crippen MR) is 459 cm³/mol. The van der Waals surface area contributed by atoms with Gasteiger partial charge in [0.1, 0.15) is 0 Å². The van der Waals surface area contributed by atoms with E-state index in [9.17, 15) is 0 Å². The molecule has 21 aromatic rings. The maximum absolute atomic E-state index is 4.97. The fourth-order valence-corrected chi connectivity index (χ4v) is 16.1. The van der Waals surface area contributed by atoms with E-state index in [0.29, 0.717) is 34.9 Å².